The second-order valence-corrected chi connectivity index (χ2v) is 8.55. The minimum atomic E-state index is -1.42. The number of hydrogen-bond donors (Lipinski definition) is 4. The topological polar surface area (TPSA) is 109 Å². The van der Waals surface area contributed by atoms with Gasteiger partial charge in [0.2, 0.25) is 0 Å². The molecule has 0 radical (unpaired) electrons. The summed E-state index contributed by atoms with van der Waals surface area (Å²) >= 11 is 7.64. The van der Waals surface area contributed by atoms with Crippen molar-refractivity contribution in [3.63, 3.8) is 0 Å². The molecule has 1 aromatic heterocycles. The van der Waals surface area contributed by atoms with Crippen LogP contribution in [-0.2, 0) is 15.9 Å². The summed E-state index contributed by atoms with van der Waals surface area (Å²) in [5.74, 6) is 0.754. The minimum Gasteiger partial charge on any atom is -0.491 e. The molecule has 1 saturated heterocycles. The minimum absolute atomic E-state index is 0.466. The third kappa shape index (κ3) is 5.28. The number of methoxy groups -OCH3 is 1. The van der Waals surface area contributed by atoms with Gasteiger partial charge in [-0.1, -0.05) is 23.7 Å². The summed E-state index contributed by atoms with van der Waals surface area (Å²) in [6.45, 7) is 0.536. The Morgan fingerprint density at radius 3 is 2.45 bits per heavy atom. The van der Waals surface area contributed by atoms with E-state index in [4.69, 9.17) is 25.8 Å². The van der Waals surface area contributed by atoms with E-state index in [2.05, 4.69) is 0 Å². The molecule has 0 spiro atoms. The van der Waals surface area contributed by atoms with Gasteiger partial charge in [-0.15, -0.1) is 11.3 Å². The lowest BCUT2D eigenvalue weighted by Crippen LogP contribution is -2.55. The van der Waals surface area contributed by atoms with E-state index in [1.807, 2.05) is 30.3 Å². The number of aliphatic hydroxyl groups is 4. The van der Waals surface area contributed by atoms with Crippen LogP contribution in [-0.4, -0.2) is 71.8 Å². The lowest BCUT2D eigenvalue weighted by molar-refractivity contribution is -0.230. The van der Waals surface area contributed by atoms with Crippen molar-refractivity contribution in [2.24, 2.45) is 0 Å². The second-order valence-electron chi connectivity index (χ2n) is 6.86. The molecule has 4 N–H and O–H groups in total. The lowest BCUT2D eigenvalue weighted by atomic mass is 9.94. The molecule has 7 nitrogen and oxygen atoms in total. The molecule has 1 unspecified atom stereocenters. The van der Waals surface area contributed by atoms with E-state index in [0.717, 1.165) is 16.9 Å². The largest absolute Gasteiger partial charge is 0.491 e. The van der Waals surface area contributed by atoms with Crippen LogP contribution < -0.4 is 4.74 Å². The molecule has 1 aliphatic heterocycles. The zero-order valence-corrected chi connectivity index (χ0v) is 17.5. The molecule has 2 aromatic rings. The Morgan fingerprint density at radius 1 is 1.07 bits per heavy atom. The van der Waals surface area contributed by atoms with E-state index in [1.165, 1.54) is 11.3 Å². The van der Waals surface area contributed by atoms with Crippen LogP contribution in [0.15, 0.2) is 30.3 Å². The molecule has 0 aliphatic carbocycles. The summed E-state index contributed by atoms with van der Waals surface area (Å²) in [5, 5.41) is 39.6. The zero-order chi connectivity index (χ0) is 21.0. The Balaban J connectivity index is 1.70. The van der Waals surface area contributed by atoms with Crippen LogP contribution in [0.25, 0.3) is 0 Å². The van der Waals surface area contributed by atoms with E-state index in [0.29, 0.717) is 28.8 Å². The molecule has 1 aliphatic rings. The van der Waals surface area contributed by atoms with Gasteiger partial charge in [0.05, 0.1) is 17.6 Å². The Morgan fingerprint density at radius 2 is 1.79 bits per heavy atom. The van der Waals surface area contributed by atoms with Crippen LogP contribution in [0.1, 0.15) is 22.1 Å². The lowest BCUT2D eigenvalue weighted by Gasteiger charge is -2.39. The van der Waals surface area contributed by atoms with Gasteiger partial charge in [0, 0.05) is 12.0 Å². The number of aliphatic hydroxyl groups excluding tert-OH is 4. The third-order valence-corrected chi connectivity index (χ3v) is 6.32. The first kappa shape index (κ1) is 22.5. The summed E-state index contributed by atoms with van der Waals surface area (Å²) in [6.07, 6.45) is -5.37. The van der Waals surface area contributed by atoms with Crippen LogP contribution in [0.2, 0.25) is 4.34 Å². The number of ether oxygens (including phenoxy) is 3. The van der Waals surface area contributed by atoms with Gasteiger partial charge in [-0.25, -0.2) is 0 Å². The zero-order valence-electron chi connectivity index (χ0n) is 15.9. The van der Waals surface area contributed by atoms with Crippen LogP contribution in [0.5, 0.6) is 5.75 Å². The van der Waals surface area contributed by atoms with Crippen molar-refractivity contribution >= 4 is 22.9 Å². The molecule has 9 heteroatoms. The fraction of sp³-hybridized carbons (Fsp3) is 0.500. The van der Waals surface area contributed by atoms with Crippen LogP contribution in [0, 0.1) is 0 Å². The van der Waals surface area contributed by atoms with Crippen molar-refractivity contribution in [2.75, 3.05) is 26.9 Å². The molecule has 1 fully saturated rings. The van der Waals surface area contributed by atoms with Crippen molar-refractivity contribution < 1.29 is 34.6 Å². The van der Waals surface area contributed by atoms with Gasteiger partial charge in [0.25, 0.3) is 0 Å². The predicted molar refractivity (Wildman–Crippen MR) is 109 cm³/mol. The second kappa shape index (κ2) is 10.2. The summed E-state index contributed by atoms with van der Waals surface area (Å²) in [7, 11) is 1.62. The monoisotopic (exact) mass is 444 g/mol. The highest BCUT2D eigenvalue weighted by Gasteiger charge is 2.44. The Labute approximate surface area is 178 Å². The van der Waals surface area contributed by atoms with Crippen LogP contribution in [0.3, 0.4) is 0 Å². The predicted octanol–water partition coefficient (Wildman–Crippen LogP) is 1.53. The highest BCUT2D eigenvalue weighted by Crippen LogP contribution is 2.39. The fourth-order valence-electron chi connectivity index (χ4n) is 3.19. The van der Waals surface area contributed by atoms with Gasteiger partial charge in [0.15, 0.2) is 0 Å². The molecule has 1 aromatic carbocycles. The molecule has 0 saturated carbocycles. The molecule has 0 amide bonds. The number of hydrogen-bond acceptors (Lipinski definition) is 8. The van der Waals surface area contributed by atoms with Gasteiger partial charge in [0.1, 0.15) is 42.9 Å². The maximum absolute atomic E-state index is 10.3. The normalized spacial score (nSPS) is 27.2. The smallest absolute Gasteiger partial charge is 0.121 e. The standard InChI is InChI=1S/C20H25ClO7S/c1-26-6-7-27-13-4-2-11(3-5-13)8-12-9-15(29-20(12)21)19-18(25)17(24)16(23)14(10-22)28-19/h2-5,9,14,16-19,22-25H,6-8,10H2,1H3/t14-,16-,17+,18-,19?/m1/s1. The molecule has 0 bridgehead atoms. The van der Waals surface area contributed by atoms with Gasteiger partial charge >= 0.3 is 0 Å². The first-order valence-electron chi connectivity index (χ1n) is 9.24. The molecular formula is C20H25ClO7S. The fourth-order valence-corrected chi connectivity index (χ4v) is 4.56. The number of halogens is 1. The maximum Gasteiger partial charge on any atom is 0.121 e. The van der Waals surface area contributed by atoms with E-state index in [9.17, 15) is 20.4 Å². The quantitative estimate of drug-likeness (QED) is 0.457. The number of benzene rings is 1. The van der Waals surface area contributed by atoms with Crippen molar-refractivity contribution in [3.8, 4) is 5.75 Å². The maximum atomic E-state index is 10.3. The van der Waals surface area contributed by atoms with E-state index in [-0.39, 0.29) is 0 Å². The average Bonchev–Trinajstić information content (AvgIpc) is 3.08. The van der Waals surface area contributed by atoms with E-state index in [1.54, 1.807) is 7.11 Å². The summed E-state index contributed by atoms with van der Waals surface area (Å²) in [5.41, 5.74) is 1.89. The Bertz CT molecular complexity index is 780. The molecular weight excluding hydrogens is 420 g/mol. The molecule has 160 valence electrons. The summed E-state index contributed by atoms with van der Waals surface area (Å²) in [4.78, 5) is 0.626. The number of thiophene rings is 1. The first-order valence-corrected chi connectivity index (χ1v) is 10.4. The van der Waals surface area contributed by atoms with E-state index < -0.39 is 37.1 Å². The first-order chi connectivity index (χ1) is 13.9. The van der Waals surface area contributed by atoms with Gasteiger partial charge < -0.3 is 34.6 Å². The molecule has 5 atom stereocenters. The van der Waals surface area contributed by atoms with Crippen molar-refractivity contribution in [2.45, 2.75) is 36.9 Å². The van der Waals surface area contributed by atoms with Gasteiger partial charge in [-0.2, -0.15) is 0 Å². The van der Waals surface area contributed by atoms with Crippen LogP contribution in [0.4, 0.5) is 0 Å². The van der Waals surface area contributed by atoms with Crippen LogP contribution >= 0.6 is 22.9 Å². The highest BCUT2D eigenvalue weighted by atomic mass is 35.5. The van der Waals surface area contributed by atoms with Crippen molar-refractivity contribution in [1.29, 1.82) is 0 Å². The van der Waals surface area contributed by atoms with Gasteiger partial charge in [-0.05, 0) is 35.7 Å². The van der Waals surface area contributed by atoms with Crippen molar-refractivity contribution in [3.05, 3.63) is 50.7 Å². The molecule has 29 heavy (non-hydrogen) atoms. The molecule has 2 heterocycles. The SMILES string of the molecule is COCCOc1ccc(Cc2cc(C3O[C@H](CO)[C@@H](O)[C@H](O)[C@H]3O)sc2Cl)cc1. The third-order valence-electron chi connectivity index (χ3n) is 4.82. The molecule has 3 rings (SSSR count). The summed E-state index contributed by atoms with van der Waals surface area (Å²) in [6, 6.07) is 9.48. The average molecular weight is 445 g/mol. The number of rotatable bonds is 8. The Hall–Kier alpha value is -1.23. The Kier molecular flexibility index (Phi) is 7.89. The van der Waals surface area contributed by atoms with Gasteiger partial charge in [-0.3, -0.25) is 0 Å². The summed E-state index contributed by atoms with van der Waals surface area (Å²) < 4.78 is 16.7. The van der Waals surface area contributed by atoms with E-state index >= 15 is 0 Å². The highest BCUT2D eigenvalue weighted by molar-refractivity contribution is 7.16. The van der Waals surface area contributed by atoms with Crippen molar-refractivity contribution in [1.82, 2.24) is 0 Å².